The van der Waals surface area contributed by atoms with E-state index < -0.39 is 11.0 Å². The van der Waals surface area contributed by atoms with Crippen LogP contribution in [0, 0.1) is 23.0 Å². The minimum Gasteiger partial charge on any atom is -0.390 e. The van der Waals surface area contributed by atoms with Gasteiger partial charge in [-0.3, -0.25) is 0 Å². The molecule has 0 saturated heterocycles. The molecule has 0 aromatic carbocycles. The molecule has 0 amide bonds. The molecule has 18 heavy (non-hydrogen) atoms. The maximum atomic E-state index is 10.6. The summed E-state index contributed by atoms with van der Waals surface area (Å²) in [5.74, 6) is 0.363. The molecule has 1 unspecified atom stereocenters. The summed E-state index contributed by atoms with van der Waals surface area (Å²) in [7, 11) is 0. The summed E-state index contributed by atoms with van der Waals surface area (Å²) in [5.41, 5.74) is 0.502. The van der Waals surface area contributed by atoms with Crippen molar-refractivity contribution in [2.45, 2.75) is 33.4 Å². The molecule has 1 aromatic rings. The predicted octanol–water partition coefficient (Wildman–Crippen LogP) is 0.706. The van der Waals surface area contributed by atoms with Gasteiger partial charge in [-0.2, -0.15) is 4.68 Å². The first-order valence-corrected chi connectivity index (χ1v) is 5.97. The number of aliphatic hydroxyl groups is 1. The monoisotopic (exact) mass is 256 g/mol. The van der Waals surface area contributed by atoms with Gasteiger partial charge in [0.2, 0.25) is 0 Å². The zero-order chi connectivity index (χ0) is 13.7. The van der Waals surface area contributed by atoms with E-state index in [1.807, 2.05) is 0 Å². The van der Waals surface area contributed by atoms with Crippen LogP contribution in [0.4, 0.5) is 5.82 Å². The standard InChI is InChI=1S/C11H20N4O3/c1-8(2)4-12-5-10(16)7-14-6-9(3)11(13-14)15(17)18/h6,8,10,12,16H,4-5,7H2,1-3H3. The van der Waals surface area contributed by atoms with Gasteiger partial charge in [-0.05, 0) is 24.3 Å². The Morgan fingerprint density at radius 1 is 1.56 bits per heavy atom. The van der Waals surface area contributed by atoms with Crippen LogP contribution < -0.4 is 5.32 Å². The van der Waals surface area contributed by atoms with E-state index in [0.29, 0.717) is 18.0 Å². The Balaban J connectivity index is 2.47. The molecule has 0 bridgehead atoms. The molecule has 0 aliphatic rings. The lowest BCUT2D eigenvalue weighted by Crippen LogP contribution is -2.32. The normalized spacial score (nSPS) is 12.9. The molecule has 0 radical (unpaired) electrons. The maximum Gasteiger partial charge on any atom is 0.392 e. The molecule has 7 heteroatoms. The second kappa shape index (κ2) is 6.46. The summed E-state index contributed by atoms with van der Waals surface area (Å²) >= 11 is 0. The zero-order valence-corrected chi connectivity index (χ0v) is 11.0. The fourth-order valence-electron chi connectivity index (χ4n) is 1.60. The fourth-order valence-corrected chi connectivity index (χ4v) is 1.60. The quantitative estimate of drug-likeness (QED) is 0.553. The van der Waals surface area contributed by atoms with E-state index >= 15 is 0 Å². The summed E-state index contributed by atoms with van der Waals surface area (Å²) < 4.78 is 1.41. The van der Waals surface area contributed by atoms with Crippen molar-refractivity contribution in [3.63, 3.8) is 0 Å². The molecule has 0 saturated carbocycles. The SMILES string of the molecule is Cc1cn(CC(O)CNCC(C)C)nc1[N+](=O)[O-]. The van der Waals surface area contributed by atoms with Gasteiger partial charge in [0.15, 0.2) is 0 Å². The number of nitrogens with zero attached hydrogens (tertiary/aromatic N) is 3. The van der Waals surface area contributed by atoms with Crippen LogP contribution >= 0.6 is 0 Å². The van der Waals surface area contributed by atoms with Crippen LogP contribution in [0.5, 0.6) is 0 Å². The molecule has 1 rings (SSSR count). The molecular weight excluding hydrogens is 236 g/mol. The third-order valence-corrected chi connectivity index (χ3v) is 2.42. The van der Waals surface area contributed by atoms with E-state index in [2.05, 4.69) is 24.3 Å². The van der Waals surface area contributed by atoms with E-state index in [-0.39, 0.29) is 12.4 Å². The van der Waals surface area contributed by atoms with Gasteiger partial charge in [0.25, 0.3) is 0 Å². The van der Waals surface area contributed by atoms with Crippen LogP contribution in [0.1, 0.15) is 19.4 Å². The van der Waals surface area contributed by atoms with E-state index in [0.717, 1.165) is 6.54 Å². The molecule has 0 spiro atoms. The highest BCUT2D eigenvalue weighted by Crippen LogP contribution is 2.13. The summed E-state index contributed by atoms with van der Waals surface area (Å²) in [4.78, 5) is 10.1. The second-order valence-corrected chi connectivity index (χ2v) is 4.82. The van der Waals surface area contributed by atoms with Crippen molar-refractivity contribution >= 4 is 5.82 Å². The number of aryl methyl sites for hydroxylation is 1. The van der Waals surface area contributed by atoms with Crippen molar-refractivity contribution in [3.05, 3.63) is 21.9 Å². The van der Waals surface area contributed by atoms with Gasteiger partial charge in [-0.1, -0.05) is 13.8 Å². The van der Waals surface area contributed by atoms with Gasteiger partial charge in [0, 0.05) is 6.54 Å². The molecule has 0 aliphatic carbocycles. The van der Waals surface area contributed by atoms with E-state index in [1.165, 1.54) is 4.68 Å². The third-order valence-electron chi connectivity index (χ3n) is 2.42. The van der Waals surface area contributed by atoms with Gasteiger partial charge in [-0.15, -0.1) is 0 Å². The average Bonchev–Trinajstić information content (AvgIpc) is 2.58. The lowest BCUT2D eigenvalue weighted by atomic mass is 10.2. The number of aromatic nitrogens is 2. The summed E-state index contributed by atoms with van der Waals surface area (Å²) in [5, 5.41) is 27.3. The summed E-state index contributed by atoms with van der Waals surface area (Å²) in [6.07, 6.45) is 0.965. The van der Waals surface area contributed by atoms with Crippen LogP contribution in [0.25, 0.3) is 0 Å². The molecule has 2 N–H and O–H groups in total. The van der Waals surface area contributed by atoms with Crippen molar-refractivity contribution in [1.82, 2.24) is 15.1 Å². The first-order chi connectivity index (χ1) is 8.40. The van der Waals surface area contributed by atoms with Crippen LogP contribution in [0.15, 0.2) is 6.20 Å². The molecule has 1 heterocycles. The Hall–Kier alpha value is -1.47. The Labute approximate surface area is 106 Å². The molecular formula is C11H20N4O3. The highest BCUT2D eigenvalue weighted by Gasteiger charge is 2.18. The largest absolute Gasteiger partial charge is 0.392 e. The Bertz CT molecular complexity index is 403. The topological polar surface area (TPSA) is 93.2 Å². The number of hydrogen-bond donors (Lipinski definition) is 2. The van der Waals surface area contributed by atoms with E-state index in [9.17, 15) is 15.2 Å². The molecule has 7 nitrogen and oxygen atoms in total. The van der Waals surface area contributed by atoms with Gasteiger partial charge in [0.05, 0.1) is 29.5 Å². The molecule has 0 fully saturated rings. The first-order valence-electron chi connectivity index (χ1n) is 5.97. The number of rotatable bonds is 7. The van der Waals surface area contributed by atoms with Gasteiger partial charge in [0.1, 0.15) is 0 Å². The Morgan fingerprint density at radius 2 is 2.22 bits per heavy atom. The predicted molar refractivity (Wildman–Crippen MR) is 67.3 cm³/mol. The van der Waals surface area contributed by atoms with E-state index in [1.54, 1.807) is 13.1 Å². The van der Waals surface area contributed by atoms with Crippen molar-refractivity contribution in [2.24, 2.45) is 5.92 Å². The minimum absolute atomic E-state index is 0.155. The fraction of sp³-hybridized carbons (Fsp3) is 0.727. The molecule has 1 atom stereocenters. The maximum absolute atomic E-state index is 10.6. The van der Waals surface area contributed by atoms with Crippen molar-refractivity contribution < 1.29 is 10.0 Å². The van der Waals surface area contributed by atoms with Crippen molar-refractivity contribution in [3.8, 4) is 0 Å². The average molecular weight is 256 g/mol. The van der Waals surface area contributed by atoms with Crippen LogP contribution in [-0.4, -0.2) is 39.0 Å². The van der Waals surface area contributed by atoms with Crippen molar-refractivity contribution in [2.75, 3.05) is 13.1 Å². The Morgan fingerprint density at radius 3 is 2.72 bits per heavy atom. The van der Waals surface area contributed by atoms with Crippen LogP contribution in [0.2, 0.25) is 0 Å². The third kappa shape index (κ3) is 4.42. The Kier molecular flexibility index (Phi) is 5.24. The lowest BCUT2D eigenvalue weighted by molar-refractivity contribution is -0.390. The number of nitrogens with one attached hydrogen (secondary N) is 1. The van der Waals surface area contributed by atoms with E-state index in [4.69, 9.17) is 0 Å². The number of aliphatic hydroxyl groups excluding tert-OH is 1. The van der Waals surface area contributed by atoms with Crippen LogP contribution in [0.3, 0.4) is 0 Å². The highest BCUT2D eigenvalue weighted by molar-refractivity contribution is 5.27. The smallest absolute Gasteiger partial charge is 0.390 e. The van der Waals surface area contributed by atoms with Crippen molar-refractivity contribution in [1.29, 1.82) is 0 Å². The zero-order valence-electron chi connectivity index (χ0n) is 11.0. The minimum atomic E-state index is -0.609. The molecule has 1 aromatic heterocycles. The number of nitro groups is 1. The lowest BCUT2D eigenvalue weighted by Gasteiger charge is -2.11. The van der Waals surface area contributed by atoms with Crippen LogP contribution in [-0.2, 0) is 6.54 Å². The van der Waals surface area contributed by atoms with Gasteiger partial charge >= 0.3 is 5.82 Å². The highest BCUT2D eigenvalue weighted by atomic mass is 16.6. The number of hydrogen-bond acceptors (Lipinski definition) is 5. The summed E-state index contributed by atoms with van der Waals surface area (Å²) in [6.45, 7) is 7.32. The molecule has 102 valence electrons. The van der Waals surface area contributed by atoms with Gasteiger partial charge < -0.3 is 20.5 Å². The first kappa shape index (κ1) is 14.6. The summed E-state index contributed by atoms with van der Waals surface area (Å²) in [6, 6.07) is 0. The molecule has 0 aliphatic heterocycles. The van der Waals surface area contributed by atoms with Gasteiger partial charge in [-0.25, -0.2) is 0 Å². The second-order valence-electron chi connectivity index (χ2n) is 4.82.